The van der Waals surface area contributed by atoms with Crippen LogP contribution in [0, 0.1) is 0 Å². The fourth-order valence-corrected chi connectivity index (χ4v) is 1.84. The minimum atomic E-state index is -0.0626. The van der Waals surface area contributed by atoms with Crippen molar-refractivity contribution in [1.82, 2.24) is 4.90 Å². The van der Waals surface area contributed by atoms with Crippen LogP contribution in [0.3, 0.4) is 0 Å². The van der Waals surface area contributed by atoms with Crippen LogP contribution in [-0.2, 0) is 11.3 Å². The van der Waals surface area contributed by atoms with Crippen molar-refractivity contribution in [2.24, 2.45) is 5.73 Å². The van der Waals surface area contributed by atoms with Crippen LogP contribution < -0.4 is 5.73 Å². The second kappa shape index (κ2) is 5.12. The Bertz CT molecular complexity index is 282. The van der Waals surface area contributed by atoms with Crippen LogP contribution in [0.2, 0.25) is 0 Å². The SMILES string of the molecule is CC(N)CC(=O)N(C)Cc1ccsc1. The maximum Gasteiger partial charge on any atom is 0.224 e. The van der Waals surface area contributed by atoms with Crippen LogP contribution in [0.15, 0.2) is 16.8 Å². The van der Waals surface area contributed by atoms with E-state index in [0.29, 0.717) is 13.0 Å². The molecule has 1 aromatic heterocycles. The fourth-order valence-electron chi connectivity index (χ4n) is 1.18. The zero-order valence-electron chi connectivity index (χ0n) is 8.56. The molecule has 1 aromatic rings. The number of carbonyl (C=O) groups excluding carboxylic acids is 1. The number of nitrogens with zero attached hydrogens (tertiary/aromatic N) is 1. The van der Waals surface area contributed by atoms with E-state index in [-0.39, 0.29) is 11.9 Å². The van der Waals surface area contributed by atoms with Crippen LogP contribution in [0.1, 0.15) is 18.9 Å². The molecule has 1 rings (SSSR count). The van der Waals surface area contributed by atoms with Crippen LogP contribution >= 0.6 is 11.3 Å². The molecule has 1 atom stereocenters. The highest BCUT2D eigenvalue weighted by Crippen LogP contribution is 2.09. The third-order valence-electron chi connectivity index (χ3n) is 1.92. The van der Waals surface area contributed by atoms with Gasteiger partial charge < -0.3 is 10.6 Å². The van der Waals surface area contributed by atoms with Gasteiger partial charge in [-0.1, -0.05) is 0 Å². The highest BCUT2D eigenvalue weighted by molar-refractivity contribution is 7.07. The first-order valence-electron chi connectivity index (χ1n) is 4.60. The third-order valence-corrected chi connectivity index (χ3v) is 2.65. The Balaban J connectivity index is 2.42. The lowest BCUT2D eigenvalue weighted by Crippen LogP contribution is -2.31. The van der Waals surface area contributed by atoms with E-state index in [1.54, 1.807) is 16.2 Å². The molecule has 4 heteroatoms. The molecule has 14 heavy (non-hydrogen) atoms. The Morgan fingerprint density at radius 1 is 1.71 bits per heavy atom. The summed E-state index contributed by atoms with van der Waals surface area (Å²) in [5.41, 5.74) is 6.74. The summed E-state index contributed by atoms with van der Waals surface area (Å²) in [4.78, 5) is 13.2. The van der Waals surface area contributed by atoms with Crippen LogP contribution in [0.25, 0.3) is 0 Å². The maximum atomic E-state index is 11.5. The zero-order chi connectivity index (χ0) is 10.6. The number of rotatable bonds is 4. The lowest BCUT2D eigenvalue weighted by molar-refractivity contribution is -0.130. The summed E-state index contributed by atoms with van der Waals surface area (Å²) in [5, 5.41) is 4.06. The minimum Gasteiger partial charge on any atom is -0.341 e. The fraction of sp³-hybridized carbons (Fsp3) is 0.500. The van der Waals surface area contributed by atoms with Gasteiger partial charge in [-0.05, 0) is 29.3 Å². The van der Waals surface area contributed by atoms with E-state index in [9.17, 15) is 4.79 Å². The van der Waals surface area contributed by atoms with Gasteiger partial charge in [0.2, 0.25) is 5.91 Å². The zero-order valence-corrected chi connectivity index (χ0v) is 9.38. The lowest BCUT2D eigenvalue weighted by Gasteiger charge is -2.17. The van der Waals surface area contributed by atoms with Crippen molar-refractivity contribution in [3.05, 3.63) is 22.4 Å². The first kappa shape index (κ1) is 11.2. The normalized spacial score (nSPS) is 12.5. The van der Waals surface area contributed by atoms with Gasteiger partial charge in [0.05, 0.1) is 0 Å². The van der Waals surface area contributed by atoms with Gasteiger partial charge in [-0.2, -0.15) is 11.3 Å². The smallest absolute Gasteiger partial charge is 0.224 e. The van der Waals surface area contributed by atoms with E-state index in [1.807, 2.05) is 25.4 Å². The Morgan fingerprint density at radius 3 is 2.93 bits per heavy atom. The van der Waals surface area contributed by atoms with E-state index >= 15 is 0 Å². The average molecular weight is 212 g/mol. The molecule has 0 bridgehead atoms. The van der Waals surface area contributed by atoms with E-state index in [0.717, 1.165) is 0 Å². The van der Waals surface area contributed by atoms with Crippen molar-refractivity contribution in [2.75, 3.05) is 7.05 Å². The summed E-state index contributed by atoms with van der Waals surface area (Å²) >= 11 is 1.64. The topological polar surface area (TPSA) is 46.3 Å². The molecule has 1 heterocycles. The minimum absolute atomic E-state index is 0.0626. The van der Waals surface area contributed by atoms with Crippen LogP contribution in [-0.4, -0.2) is 23.9 Å². The quantitative estimate of drug-likeness (QED) is 0.821. The molecule has 0 aliphatic heterocycles. The monoisotopic (exact) mass is 212 g/mol. The summed E-state index contributed by atoms with van der Waals surface area (Å²) in [6.07, 6.45) is 0.417. The molecule has 78 valence electrons. The molecule has 3 nitrogen and oxygen atoms in total. The number of hydrogen-bond donors (Lipinski definition) is 1. The molecular weight excluding hydrogens is 196 g/mol. The van der Waals surface area contributed by atoms with Gasteiger partial charge in [0, 0.05) is 26.1 Å². The van der Waals surface area contributed by atoms with Gasteiger partial charge in [-0.3, -0.25) is 4.79 Å². The van der Waals surface area contributed by atoms with Gasteiger partial charge in [-0.25, -0.2) is 0 Å². The number of amides is 1. The van der Waals surface area contributed by atoms with E-state index in [4.69, 9.17) is 5.73 Å². The van der Waals surface area contributed by atoms with Gasteiger partial charge in [-0.15, -0.1) is 0 Å². The number of nitrogens with two attached hydrogens (primary N) is 1. The largest absolute Gasteiger partial charge is 0.341 e. The molecule has 2 N–H and O–H groups in total. The van der Waals surface area contributed by atoms with Crippen molar-refractivity contribution < 1.29 is 4.79 Å². The second-order valence-corrected chi connectivity index (χ2v) is 4.34. The van der Waals surface area contributed by atoms with Gasteiger partial charge >= 0.3 is 0 Å². The summed E-state index contributed by atoms with van der Waals surface area (Å²) in [6.45, 7) is 2.52. The standard InChI is InChI=1S/C10H16N2OS/c1-8(11)5-10(13)12(2)6-9-3-4-14-7-9/h3-4,7-8H,5-6,11H2,1-2H3. The summed E-state index contributed by atoms with van der Waals surface area (Å²) in [6, 6.07) is 1.97. The molecule has 0 aliphatic carbocycles. The summed E-state index contributed by atoms with van der Waals surface area (Å²) in [5.74, 6) is 0.103. The third kappa shape index (κ3) is 3.47. The van der Waals surface area contributed by atoms with Crippen molar-refractivity contribution in [3.8, 4) is 0 Å². The molecule has 0 saturated carbocycles. The Kier molecular flexibility index (Phi) is 4.10. The van der Waals surface area contributed by atoms with Crippen molar-refractivity contribution in [3.63, 3.8) is 0 Å². The molecule has 1 amide bonds. The molecule has 0 aromatic carbocycles. The average Bonchev–Trinajstić information content (AvgIpc) is 2.55. The molecule has 1 unspecified atom stereocenters. The molecule has 0 saturated heterocycles. The summed E-state index contributed by atoms with van der Waals surface area (Å²) in [7, 11) is 1.81. The Morgan fingerprint density at radius 2 is 2.43 bits per heavy atom. The van der Waals surface area contributed by atoms with Gasteiger partial charge in [0.1, 0.15) is 0 Å². The van der Waals surface area contributed by atoms with Gasteiger partial charge in [0.15, 0.2) is 0 Å². The molecule has 0 spiro atoms. The predicted molar refractivity (Wildman–Crippen MR) is 59.1 cm³/mol. The van der Waals surface area contributed by atoms with Crippen molar-refractivity contribution in [2.45, 2.75) is 25.9 Å². The highest BCUT2D eigenvalue weighted by Gasteiger charge is 2.10. The van der Waals surface area contributed by atoms with E-state index < -0.39 is 0 Å². The van der Waals surface area contributed by atoms with Crippen LogP contribution in [0.4, 0.5) is 0 Å². The number of hydrogen-bond acceptors (Lipinski definition) is 3. The maximum absolute atomic E-state index is 11.5. The first-order valence-corrected chi connectivity index (χ1v) is 5.54. The first-order chi connectivity index (χ1) is 6.59. The lowest BCUT2D eigenvalue weighted by atomic mass is 10.2. The molecule has 0 aliphatic rings. The molecular formula is C10H16N2OS. The van der Waals surface area contributed by atoms with E-state index in [2.05, 4.69) is 5.38 Å². The number of thiophene rings is 1. The Hall–Kier alpha value is -0.870. The second-order valence-electron chi connectivity index (χ2n) is 3.56. The molecule has 0 radical (unpaired) electrons. The molecule has 0 fully saturated rings. The van der Waals surface area contributed by atoms with Crippen molar-refractivity contribution in [1.29, 1.82) is 0 Å². The highest BCUT2D eigenvalue weighted by atomic mass is 32.1. The summed E-state index contributed by atoms with van der Waals surface area (Å²) < 4.78 is 0. The van der Waals surface area contributed by atoms with Crippen molar-refractivity contribution >= 4 is 17.2 Å². The predicted octanol–water partition coefficient (Wildman–Crippen LogP) is 1.44. The van der Waals surface area contributed by atoms with Gasteiger partial charge in [0.25, 0.3) is 0 Å². The van der Waals surface area contributed by atoms with Crippen LogP contribution in [0.5, 0.6) is 0 Å². The number of carbonyl (C=O) groups is 1. The van der Waals surface area contributed by atoms with E-state index in [1.165, 1.54) is 5.56 Å². The Labute approximate surface area is 88.5 Å².